The molecule has 1 saturated carbocycles. The average molecular weight is 394 g/mol. The van der Waals surface area contributed by atoms with Crippen molar-refractivity contribution in [1.29, 1.82) is 0 Å². The molecule has 2 fully saturated rings. The monoisotopic (exact) mass is 394 g/mol. The molecule has 1 aliphatic carbocycles. The van der Waals surface area contributed by atoms with Crippen molar-refractivity contribution in [3.8, 4) is 0 Å². The van der Waals surface area contributed by atoms with Crippen molar-refractivity contribution in [3.63, 3.8) is 0 Å². The molecule has 29 heavy (non-hydrogen) atoms. The third kappa shape index (κ3) is 3.33. The molecule has 1 aromatic heterocycles. The van der Waals surface area contributed by atoms with Gasteiger partial charge in [0, 0.05) is 56.0 Å². The Morgan fingerprint density at radius 1 is 1.21 bits per heavy atom. The molecule has 3 heterocycles. The number of aromatic nitrogens is 2. The van der Waals surface area contributed by atoms with Gasteiger partial charge in [-0.1, -0.05) is 25.0 Å². The van der Waals surface area contributed by atoms with Gasteiger partial charge in [-0.3, -0.25) is 4.79 Å². The third-order valence-electron chi connectivity index (χ3n) is 6.93. The summed E-state index contributed by atoms with van der Waals surface area (Å²) in [6.45, 7) is 3.22. The van der Waals surface area contributed by atoms with E-state index in [1.165, 1.54) is 17.7 Å². The molecule has 5 nitrogen and oxygen atoms in total. The van der Waals surface area contributed by atoms with E-state index in [9.17, 15) is 9.18 Å². The van der Waals surface area contributed by atoms with Crippen molar-refractivity contribution < 1.29 is 9.18 Å². The first kappa shape index (κ1) is 18.7. The van der Waals surface area contributed by atoms with Crippen LogP contribution in [0.2, 0.25) is 0 Å². The largest absolute Gasteiger partial charge is 0.341 e. The quantitative estimate of drug-likeness (QED) is 0.869. The zero-order chi connectivity index (χ0) is 19.8. The highest BCUT2D eigenvalue weighted by atomic mass is 19.1. The average Bonchev–Trinajstić information content (AvgIpc) is 3.44. The highest BCUT2D eigenvalue weighted by Gasteiger charge is 2.46. The van der Waals surface area contributed by atoms with E-state index in [0.717, 1.165) is 75.2 Å². The summed E-state index contributed by atoms with van der Waals surface area (Å²) in [7, 11) is 0. The highest BCUT2D eigenvalue weighted by Crippen LogP contribution is 2.44. The molecule has 0 spiro atoms. The summed E-state index contributed by atoms with van der Waals surface area (Å²) < 4.78 is 13.4. The molecule has 6 heteroatoms. The molecule has 1 N–H and O–H groups in total. The number of likely N-dealkylation sites (tertiary alicyclic amines) is 1. The maximum absolute atomic E-state index is 13.6. The van der Waals surface area contributed by atoms with Crippen LogP contribution in [0.15, 0.2) is 30.5 Å². The van der Waals surface area contributed by atoms with Crippen molar-refractivity contribution >= 4 is 5.91 Å². The van der Waals surface area contributed by atoms with E-state index in [0.29, 0.717) is 6.54 Å². The predicted octanol–water partition coefficient (Wildman–Crippen LogP) is 3.09. The summed E-state index contributed by atoms with van der Waals surface area (Å²) in [6, 6.07) is 6.55. The molecular formula is C23H27FN4O. The molecule has 0 bridgehead atoms. The fourth-order valence-electron chi connectivity index (χ4n) is 5.28. The predicted molar refractivity (Wildman–Crippen MR) is 108 cm³/mol. The minimum Gasteiger partial charge on any atom is -0.341 e. The number of amides is 1. The molecule has 1 aromatic carbocycles. The Morgan fingerprint density at radius 2 is 2.00 bits per heavy atom. The third-order valence-corrected chi connectivity index (χ3v) is 6.93. The topological polar surface area (TPSA) is 58.1 Å². The Balaban J connectivity index is 1.36. The van der Waals surface area contributed by atoms with E-state index in [2.05, 4.69) is 10.3 Å². The van der Waals surface area contributed by atoms with Gasteiger partial charge < -0.3 is 10.2 Å². The second kappa shape index (κ2) is 7.48. The van der Waals surface area contributed by atoms with E-state index in [1.54, 1.807) is 12.1 Å². The van der Waals surface area contributed by atoms with Gasteiger partial charge in [-0.25, -0.2) is 14.4 Å². The lowest BCUT2D eigenvalue weighted by Gasteiger charge is -2.33. The van der Waals surface area contributed by atoms with Crippen LogP contribution in [0.5, 0.6) is 0 Å². The first-order valence-electron chi connectivity index (χ1n) is 10.8. The van der Waals surface area contributed by atoms with Gasteiger partial charge in [-0.15, -0.1) is 0 Å². The van der Waals surface area contributed by atoms with Gasteiger partial charge in [0.15, 0.2) is 0 Å². The number of hydrogen-bond acceptors (Lipinski definition) is 4. The fraction of sp³-hybridized carbons (Fsp3) is 0.522. The summed E-state index contributed by atoms with van der Waals surface area (Å²) >= 11 is 0. The van der Waals surface area contributed by atoms with Gasteiger partial charge in [0.2, 0.25) is 5.91 Å². The van der Waals surface area contributed by atoms with Gasteiger partial charge >= 0.3 is 0 Å². The Kier molecular flexibility index (Phi) is 4.82. The van der Waals surface area contributed by atoms with E-state index in [1.807, 2.05) is 11.1 Å². The number of hydrogen-bond donors (Lipinski definition) is 1. The standard InChI is InChI=1S/C23H27FN4O/c24-19-5-3-18(4-6-19)23(9-1-2-10-23)22(29)28-12-8-16(15-28)21-26-14-17-13-25-11-7-20(17)27-21/h3-6,14,16,25H,1-2,7-13,15H2/t16-/m1/s1. The maximum atomic E-state index is 13.6. The zero-order valence-corrected chi connectivity index (χ0v) is 16.7. The van der Waals surface area contributed by atoms with Crippen molar-refractivity contribution in [2.24, 2.45) is 0 Å². The van der Waals surface area contributed by atoms with E-state index >= 15 is 0 Å². The number of carbonyl (C=O) groups is 1. The summed E-state index contributed by atoms with van der Waals surface area (Å²) in [6.07, 6.45) is 7.58. The van der Waals surface area contributed by atoms with Crippen LogP contribution in [0, 0.1) is 5.82 Å². The summed E-state index contributed by atoms with van der Waals surface area (Å²) in [4.78, 5) is 25.1. The molecule has 0 unspecified atom stereocenters. The van der Waals surface area contributed by atoms with Crippen LogP contribution in [0.3, 0.4) is 0 Å². The molecule has 2 aliphatic heterocycles. The van der Waals surface area contributed by atoms with Crippen LogP contribution in [0.1, 0.15) is 60.7 Å². The zero-order valence-electron chi connectivity index (χ0n) is 16.7. The van der Waals surface area contributed by atoms with Gasteiger partial charge in [-0.05, 0) is 37.0 Å². The molecule has 0 radical (unpaired) electrons. The lowest BCUT2D eigenvalue weighted by Crippen LogP contribution is -2.44. The molecule has 3 aliphatic rings. The van der Waals surface area contributed by atoms with Gasteiger partial charge in [0.25, 0.3) is 0 Å². The molecule has 2 aromatic rings. The Labute approximate surface area is 170 Å². The van der Waals surface area contributed by atoms with Crippen LogP contribution in [0.4, 0.5) is 4.39 Å². The van der Waals surface area contributed by atoms with Crippen molar-refractivity contribution in [3.05, 3.63) is 58.9 Å². The highest BCUT2D eigenvalue weighted by molar-refractivity contribution is 5.89. The lowest BCUT2D eigenvalue weighted by atomic mass is 9.77. The van der Waals surface area contributed by atoms with Gasteiger partial charge in [-0.2, -0.15) is 0 Å². The van der Waals surface area contributed by atoms with Crippen molar-refractivity contribution in [2.75, 3.05) is 19.6 Å². The summed E-state index contributed by atoms with van der Waals surface area (Å²) in [5.41, 5.74) is 2.80. The molecule has 1 amide bonds. The second-order valence-electron chi connectivity index (χ2n) is 8.66. The van der Waals surface area contributed by atoms with E-state index in [-0.39, 0.29) is 17.6 Å². The number of fused-ring (bicyclic) bond motifs is 1. The Bertz CT molecular complexity index is 908. The number of halogens is 1. The minimum atomic E-state index is -0.495. The minimum absolute atomic E-state index is 0.200. The van der Waals surface area contributed by atoms with Crippen LogP contribution in [-0.2, 0) is 23.2 Å². The lowest BCUT2D eigenvalue weighted by molar-refractivity contribution is -0.136. The normalized spacial score (nSPS) is 23.2. The number of carbonyl (C=O) groups excluding carboxylic acids is 1. The van der Waals surface area contributed by atoms with Crippen molar-refractivity contribution in [1.82, 2.24) is 20.2 Å². The van der Waals surface area contributed by atoms with Crippen LogP contribution >= 0.6 is 0 Å². The first-order valence-corrected chi connectivity index (χ1v) is 10.8. The number of nitrogens with one attached hydrogen (secondary N) is 1. The Hall–Kier alpha value is -2.34. The van der Waals surface area contributed by atoms with Crippen molar-refractivity contribution in [2.45, 2.75) is 56.4 Å². The van der Waals surface area contributed by atoms with Crippen LogP contribution < -0.4 is 5.32 Å². The van der Waals surface area contributed by atoms with E-state index in [4.69, 9.17) is 4.98 Å². The molecular weight excluding hydrogens is 367 g/mol. The number of nitrogens with zero attached hydrogens (tertiary/aromatic N) is 3. The Morgan fingerprint density at radius 3 is 2.79 bits per heavy atom. The molecule has 1 atom stereocenters. The van der Waals surface area contributed by atoms with Crippen LogP contribution in [0.25, 0.3) is 0 Å². The maximum Gasteiger partial charge on any atom is 0.233 e. The number of benzene rings is 1. The number of rotatable bonds is 3. The molecule has 152 valence electrons. The first-order chi connectivity index (χ1) is 14.2. The SMILES string of the molecule is O=C(N1CC[C@@H](c2ncc3c(n2)CCNC3)C1)C1(c2ccc(F)cc2)CCCC1. The summed E-state index contributed by atoms with van der Waals surface area (Å²) in [5, 5.41) is 3.35. The molecule has 1 saturated heterocycles. The van der Waals surface area contributed by atoms with Crippen LogP contribution in [-0.4, -0.2) is 40.4 Å². The summed E-state index contributed by atoms with van der Waals surface area (Å²) in [5.74, 6) is 1.02. The van der Waals surface area contributed by atoms with E-state index < -0.39 is 5.41 Å². The van der Waals surface area contributed by atoms with Gasteiger partial charge in [0.1, 0.15) is 11.6 Å². The van der Waals surface area contributed by atoms with Gasteiger partial charge in [0.05, 0.1) is 5.41 Å². The molecule has 5 rings (SSSR count). The fourth-order valence-corrected chi connectivity index (χ4v) is 5.28. The smallest absolute Gasteiger partial charge is 0.233 e. The second-order valence-corrected chi connectivity index (χ2v) is 8.66.